The molecule has 0 saturated heterocycles. The Balaban J connectivity index is 0.000000103. The third-order valence-electron chi connectivity index (χ3n) is 28.0. The first kappa shape index (κ1) is 77.7. The summed E-state index contributed by atoms with van der Waals surface area (Å²) in [4.78, 5) is 14.8. The van der Waals surface area contributed by atoms with Gasteiger partial charge in [0.15, 0.2) is 17.5 Å². The van der Waals surface area contributed by atoms with E-state index in [1.165, 1.54) is 224 Å². The molecule has 7 heterocycles. The van der Waals surface area contributed by atoms with Crippen LogP contribution in [0.5, 0.6) is 0 Å². The van der Waals surface area contributed by atoms with Gasteiger partial charge in [-0.2, -0.15) is 0 Å². The number of nitrogens with zero attached hydrogens (tertiary/aromatic N) is 6. The molecular weight excluding hydrogens is 1710 g/mol. The van der Waals surface area contributed by atoms with Crippen LogP contribution in [0, 0.1) is 0 Å². The molecule has 0 unspecified atom stereocenters. The van der Waals surface area contributed by atoms with E-state index < -0.39 is 0 Å². The molecule has 0 bridgehead atoms. The molecule has 632 valence electrons. The van der Waals surface area contributed by atoms with Crippen LogP contribution in [0.3, 0.4) is 0 Å². The Labute approximate surface area is 792 Å². The third-order valence-corrected chi connectivity index (χ3v) is 31.6. The van der Waals surface area contributed by atoms with Gasteiger partial charge in [0.2, 0.25) is 0 Å². The summed E-state index contributed by atoms with van der Waals surface area (Å²) in [5.41, 5.74) is 18.9. The van der Waals surface area contributed by atoms with Crippen molar-refractivity contribution in [3.05, 3.63) is 461 Å². The molecule has 0 amide bonds. The smallest absolute Gasteiger partial charge is 0.164 e. The van der Waals surface area contributed by atoms with Crippen LogP contribution in [0.4, 0.5) is 0 Å². The van der Waals surface area contributed by atoms with Crippen LogP contribution in [-0.4, -0.2) is 28.7 Å². The standard InChI is InChI=1S/C48H29NS.C47H28N4S.C32H19NS/c1-2-12-30(13-3-1)45-35-16-4-6-18-37(35)46(38-19-7-5-17-36(38)45)31-22-24-32(25-23-31)49-43-20-10-8-14-33(43)39-26-29-42-40(47(39)49)27-28-41-34-15-9-11-21-44(34)50-48(41)42;1-3-11-29(12-4-1)45-48-46(30-13-5-2-6-14-30)50-47(49-45)33-20-19-32-28-34(22-21-31(32)27-33)51-41-17-9-7-15-35(41)37-23-26-40-38(43(37)51)24-25-39-36-16-8-10-18-42(36)52-44(39)40;1-2-8-21-19-22(14-13-20(21)7-1)33-29-11-5-3-9-23(29)25-15-18-28-26(31(25)33)16-17-27-24-10-4-6-12-30(24)34-32(27)28/h1-29H;1-28H;1-19H. The van der Waals surface area contributed by atoms with E-state index in [0.717, 1.165) is 33.2 Å². The Bertz CT molecular complexity index is 10100. The van der Waals surface area contributed by atoms with E-state index in [2.05, 4.69) is 414 Å². The van der Waals surface area contributed by atoms with Crippen LogP contribution >= 0.6 is 34.0 Å². The van der Waals surface area contributed by atoms with Gasteiger partial charge in [-0.05, 0) is 144 Å². The zero-order valence-corrected chi connectivity index (χ0v) is 75.7. The molecule has 0 fully saturated rings. The van der Waals surface area contributed by atoms with Crippen molar-refractivity contribution in [1.29, 1.82) is 0 Å². The van der Waals surface area contributed by atoms with E-state index in [4.69, 9.17) is 15.0 Å². The summed E-state index contributed by atoms with van der Waals surface area (Å²) >= 11 is 5.69. The molecule has 0 radical (unpaired) electrons. The summed E-state index contributed by atoms with van der Waals surface area (Å²) in [6.07, 6.45) is 0. The predicted octanol–water partition coefficient (Wildman–Crippen LogP) is 36.0. The summed E-state index contributed by atoms with van der Waals surface area (Å²) in [5, 5.41) is 33.4. The van der Waals surface area contributed by atoms with Crippen molar-refractivity contribution in [2.75, 3.05) is 0 Å². The van der Waals surface area contributed by atoms with Crippen molar-refractivity contribution >= 4 is 235 Å². The van der Waals surface area contributed by atoms with Gasteiger partial charge in [-0.1, -0.05) is 382 Å². The second-order valence-corrected chi connectivity index (χ2v) is 38.6. The highest BCUT2D eigenvalue weighted by Gasteiger charge is 2.25. The average Bonchev–Trinajstić information content (AvgIpc) is 1.55. The topological polar surface area (TPSA) is 53.5 Å². The van der Waals surface area contributed by atoms with Gasteiger partial charge in [-0.15, -0.1) is 34.0 Å². The van der Waals surface area contributed by atoms with Crippen LogP contribution < -0.4 is 0 Å². The van der Waals surface area contributed by atoms with Crippen molar-refractivity contribution in [3.8, 4) is 73.5 Å². The van der Waals surface area contributed by atoms with Gasteiger partial charge in [0.05, 0.1) is 33.1 Å². The summed E-state index contributed by atoms with van der Waals surface area (Å²) in [7, 11) is 0. The molecule has 7 aromatic heterocycles. The lowest BCUT2D eigenvalue weighted by atomic mass is 9.86. The number of thiophene rings is 3. The largest absolute Gasteiger partial charge is 0.309 e. The first-order valence-electron chi connectivity index (χ1n) is 46.3. The van der Waals surface area contributed by atoms with Crippen molar-refractivity contribution in [2.24, 2.45) is 0 Å². The highest BCUT2D eigenvalue weighted by atomic mass is 32.1. The third kappa shape index (κ3) is 12.3. The molecule has 23 aromatic carbocycles. The highest BCUT2D eigenvalue weighted by Crippen LogP contribution is 2.51. The molecule has 30 rings (SSSR count). The average molecular weight is 1780 g/mol. The minimum atomic E-state index is 0.653. The van der Waals surface area contributed by atoms with E-state index in [9.17, 15) is 0 Å². The number of para-hydroxylation sites is 3. The lowest BCUT2D eigenvalue weighted by Gasteiger charge is -2.18. The molecule has 0 aliphatic carbocycles. The van der Waals surface area contributed by atoms with Crippen LogP contribution in [0.1, 0.15) is 0 Å². The fraction of sp³-hybridized carbons (Fsp3) is 0. The van der Waals surface area contributed by atoms with Gasteiger partial charge < -0.3 is 13.7 Å². The summed E-state index contributed by atoms with van der Waals surface area (Å²) in [5.74, 6) is 1.97. The summed E-state index contributed by atoms with van der Waals surface area (Å²) in [6.45, 7) is 0. The molecule has 0 aliphatic heterocycles. The molecule has 0 atom stereocenters. The second kappa shape index (κ2) is 31.3. The summed E-state index contributed by atoms with van der Waals surface area (Å²) in [6, 6.07) is 167. The van der Waals surface area contributed by atoms with E-state index in [1.54, 1.807) is 0 Å². The number of benzene rings is 23. The number of hydrogen-bond donors (Lipinski definition) is 0. The SMILES string of the molecule is c1ccc(-c2c3ccccc3c(-c3ccc(-n4c5ccccc5c5ccc6c(ccc7c8ccccc8sc76)c54)cc3)c3ccccc23)cc1.c1ccc(-c2nc(-c3ccccc3)nc(-c3ccc4cc(-n5c6ccccc6c6ccc7c(ccc8c9ccccc9sc87)c65)ccc4c3)n2)cc1.c1ccc2cc(-n3c4ccccc4c4ccc5c(ccc6c7ccccc7sc65)c43)ccc2c1. The Hall–Kier alpha value is -17.1. The first-order valence-corrected chi connectivity index (χ1v) is 48.7. The molecular formula is C127H76N6S3. The molecule has 9 heteroatoms. The van der Waals surface area contributed by atoms with E-state index in [1.807, 2.05) is 94.7 Å². The first-order chi connectivity index (χ1) is 67.5. The zero-order chi connectivity index (χ0) is 89.2. The maximum absolute atomic E-state index is 4.97. The quantitative estimate of drug-likeness (QED) is 0.143. The predicted molar refractivity (Wildman–Crippen MR) is 584 cm³/mol. The van der Waals surface area contributed by atoms with Gasteiger partial charge in [0.1, 0.15) is 0 Å². The molecule has 136 heavy (non-hydrogen) atoms. The fourth-order valence-electron chi connectivity index (χ4n) is 21.8. The molecule has 0 spiro atoms. The van der Waals surface area contributed by atoms with E-state index >= 15 is 0 Å². The molecule has 30 aromatic rings. The van der Waals surface area contributed by atoms with E-state index in [0.29, 0.717) is 17.5 Å². The van der Waals surface area contributed by atoms with Gasteiger partial charge >= 0.3 is 0 Å². The maximum atomic E-state index is 4.97. The Morgan fingerprint density at radius 1 is 0.154 bits per heavy atom. The van der Waals surface area contributed by atoms with Crippen molar-refractivity contribution in [3.63, 3.8) is 0 Å². The monoisotopic (exact) mass is 1780 g/mol. The lowest BCUT2D eigenvalue weighted by molar-refractivity contribution is 1.07. The van der Waals surface area contributed by atoms with Gasteiger partial charge in [-0.3, -0.25) is 0 Å². The summed E-state index contributed by atoms with van der Waals surface area (Å²) < 4.78 is 15.5. The zero-order valence-electron chi connectivity index (χ0n) is 73.3. The minimum Gasteiger partial charge on any atom is -0.309 e. The minimum absolute atomic E-state index is 0.653. The van der Waals surface area contributed by atoms with Crippen molar-refractivity contribution in [2.45, 2.75) is 0 Å². The number of fused-ring (bicyclic) bond motifs is 31. The highest BCUT2D eigenvalue weighted by molar-refractivity contribution is 7.27. The van der Waals surface area contributed by atoms with Crippen molar-refractivity contribution < 1.29 is 0 Å². The van der Waals surface area contributed by atoms with Gasteiger partial charge in [-0.25, -0.2) is 15.0 Å². The van der Waals surface area contributed by atoms with Crippen LogP contribution in [0.25, 0.3) is 275 Å². The lowest BCUT2D eigenvalue weighted by Crippen LogP contribution is -2.00. The number of rotatable bonds is 8. The Kier molecular flexibility index (Phi) is 17.9. The number of aromatic nitrogens is 6. The van der Waals surface area contributed by atoms with Crippen LogP contribution in [-0.2, 0) is 0 Å². The van der Waals surface area contributed by atoms with Gasteiger partial charge in [0, 0.05) is 159 Å². The molecule has 0 N–H and O–H groups in total. The van der Waals surface area contributed by atoms with Crippen LogP contribution in [0.15, 0.2) is 461 Å². The molecule has 0 saturated carbocycles. The van der Waals surface area contributed by atoms with Gasteiger partial charge in [0.25, 0.3) is 0 Å². The fourth-order valence-corrected chi connectivity index (χ4v) is 25.5. The number of hydrogen-bond acceptors (Lipinski definition) is 6. The Morgan fingerprint density at radius 2 is 0.404 bits per heavy atom. The normalized spacial score (nSPS) is 12.0. The molecule has 6 nitrogen and oxygen atoms in total. The molecule has 0 aliphatic rings. The second-order valence-electron chi connectivity index (χ2n) is 35.4. The van der Waals surface area contributed by atoms with Crippen molar-refractivity contribution in [1.82, 2.24) is 28.7 Å². The maximum Gasteiger partial charge on any atom is 0.164 e. The van der Waals surface area contributed by atoms with E-state index in [-0.39, 0.29) is 0 Å². The van der Waals surface area contributed by atoms with Crippen LogP contribution in [0.2, 0.25) is 0 Å². The Morgan fingerprint density at radius 3 is 0.801 bits per heavy atom.